The molecule has 0 aliphatic rings. The fourth-order valence-electron chi connectivity index (χ4n) is 2.38. The Morgan fingerprint density at radius 1 is 0.960 bits per heavy atom. The van der Waals surface area contributed by atoms with Crippen LogP contribution in [-0.4, -0.2) is 16.6 Å². The summed E-state index contributed by atoms with van der Waals surface area (Å²) in [6, 6.07) is 20.6. The number of phenolic OH excluding ortho intramolecular Hbond substituents is 1. The van der Waals surface area contributed by atoms with Crippen LogP contribution in [0.1, 0.15) is 0 Å². The zero-order valence-corrected chi connectivity index (χ0v) is 13.7. The van der Waals surface area contributed by atoms with E-state index in [4.69, 9.17) is 0 Å². The molecule has 0 radical (unpaired) electrons. The molecule has 1 aromatic heterocycles. The lowest BCUT2D eigenvalue weighted by atomic mass is 10.2. The number of hydrogen-bond acceptors (Lipinski definition) is 5. The molecule has 2 aromatic carbocycles. The van der Waals surface area contributed by atoms with E-state index in [-0.39, 0.29) is 5.75 Å². The van der Waals surface area contributed by atoms with Gasteiger partial charge in [-0.15, -0.1) is 16.8 Å². The van der Waals surface area contributed by atoms with Crippen LogP contribution in [0.15, 0.2) is 95.8 Å². The molecule has 0 saturated carbocycles. The molecule has 0 saturated heterocycles. The highest BCUT2D eigenvalue weighted by Gasteiger charge is 2.10. The van der Waals surface area contributed by atoms with Crippen LogP contribution in [-0.2, 0) is 0 Å². The Balaban J connectivity index is 1.87. The van der Waals surface area contributed by atoms with Gasteiger partial charge in [0.2, 0.25) is 0 Å². The Morgan fingerprint density at radius 3 is 2.44 bits per heavy atom. The van der Waals surface area contributed by atoms with Gasteiger partial charge in [-0.25, -0.2) is 4.98 Å². The van der Waals surface area contributed by atoms with Gasteiger partial charge < -0.3 is 10.0 Å². The summed E-state index contributed by atoms with van der Waals surface area (Å²) in [5.74, 6) is 0.547. The molecule has 1 heterocycles. The van der Waals surface area contributed by atoms with E-state index < -0.39 is 0 Å². The fourth-order valence-corrected chi connectivity index (χ4v) is 2.38. The summed E-state index contributed by atoms with van der Waals surface area (Å²) >= 11 is 0. The standard InChI is InChI=1S/C20H18N4O/c1-2-14-24(16-8-4-3-5-9-16)17-11-12-18(19(25)15-17)22-23-20-10-6-7-13-21-20/h2-13,15,25H,1,14H2/b23-22+. The molecule has 1 N–H and O–H groups in total. The molecule has 5 nitrogen and oxygen atoms in total. The van der Waals surface area contributed by atoms with Gasteiger partial charge in [0.05, 0.1) is 0 Å². The molecular formula is C20H18N4O. The molecule has 5 heteroatoms. The van der Waals surface area contributed by atoms with Crippen LogP contribution in [0.2, 0.25) is 0 Å². The highest BCUT2D eigenvalue weighted by atomic mass is 16.3. The third-order valence-electron chi connectivity index (χ3n) is 3.56. The van der Waals surface area contributed by atoms with Crippen molar-refractivity contribution in [2.24, 2.45) is 10.2 Å². The van der Waals surface area contributed by atoms with Gasteiger partial charge in [0, 0.05) is 30.2 Å². The number of benzene rings is 2. The van der Waals surface area contributed by atoms with Gasteiger partial charge in [-0.05, 0) is 36.4 Å². The largest absolute Gasteiger partial charge is 0.506 e. The first-order chi connectivity index (χ1) is 12.3. The number of aromatic nitrogens is 1. The molecule has 3 rings (SSSR count). The maximum Gasteiger partial charge on any atom is 0.174 e. The smallest absolute Gasteiger partial charge is 0.174 e. The average molecular weight is 330 g/mol. The van der Waals surface area contributed by atoms with E-state index in [1.807, 2.05) is 59.5 Å². The zero-order valence-electron chi connectivity index (χ0n) is 13.7. The first kappa shape index (κ1) is 16.4. The molecule has 25 heavy (non-hydrogen) atoms. The second-order valence-corrected chi connectivity index (χ2v) is 5.30. The minimum Gasteiger partial charge on any atom is -0.506 e. The first-order valence-corrected chi connectivity index (χ1v) is 7.87. The number of para-hydroxylation sites is 1. The Kier molecular flexibility index (Phi) is 5.16. The fraction of sp³-hybridized carbons (Fsp3) is 0.0500. The SMILES string of the molecule is C=CCN(c1ccccc1)c1ccc(/N=N/c2ccccn2)c(O)c1. The number of hydrogen-bond donors (Lipinski definition) is 1. The number of anilines is 2. The van der Waals surface area contributed by atoms with Crippen molar-refractivity contribution in [1.29, 1.82) is 0 Å². The Bertz CT molecular complexity index is 863. The lowest BCUT2D eigenvalue weighted by Gasteiger charge is -2.23. The number of nitrogens with zero attached hydrogens (tertiary/aromatic N) is 4. The van der Waals surface area contributed by atoms with Crippen molar-refractivity contribution in [1.82, 2.24) is 4.98 Å². The highest BCUT2D eigenvalue weighted by Crippen LogP contribution is 2.34. The molecule has 0 unspecified atom stereocenters. The Morgan fingerprint density at radius 2 is 1.76 bits per heavy atom. The molecule has 124 valence electrons. The third kappa shape index (κ3) is 4.09. The second-order valence-electron chi connectivity index (χ2n) is 5.30. The molecule has 0 amide bonds. The summed E-state index contributed by atoms with van der Waals surface area (Å²) < 4.78 is 0. The second kappa shape index (κ2) is 7.88. The number of phenols is 1. The van der Waals surface area contributed by atoms with Crippen molar-refractivity contribution in [3.63, 3.8) is 0 Å². The van der Waals surface area contributed by atoms with Crippen LogP contribution in [0.3, 0.4) is 0 Å². The summed E-state index contributed by atoms with van der Waals surface area (Å²) in [5.41, 5.74) is 2.26. The van der Waals surface area contributed by atoms with E-state index >= 15 is 0 Å². The number of rotatable bonds is 6. The summed E-state index contributed by atoms with van der Waals surface area (Å²) in [6.07, 6.45) is 3.46. The predicted octanol–water partition coefficient (Wildman–Crippen LogP) is 5.53. The summed E-state index contributed by atoms with van der Waals surface area (Å²) in [4.78, 5) is 6.12. The zero-order chi connectivity index (χ0) is 17.5. The van der Waals surface area contributed by atoms with Crippen molar-refractivity contribution in [3.8, 4) is 5.75 Å². The van der Waals surface area contributed by atoms with Crippen LogP contribution in [0, 0.1) is 0 Å². The van der Waals surface area contributed by atoms with Gasteiger partial charge in [-0.2, -0.15) is 0 Å². The van der Waals surface area contributed by atoms with E-state index in [1.54, 1.807) is 24.4 Å². The van der Waals surface area contributed by atoms with E-state index in [9.17, 15) is 5.11 Å². The maximum absolute atomic E-state index is 10.3. The van der Waals surface area contributed by atoms with E-state index in [2.05, 4.69) is 21.8 Å². The molecule has 0 aliphatic heterocycles. The van der Waals surface area contributed by atoms with Crippen LogP contribution in [0.4, 0.5) is 22.9 Å². The normalized spacial score (nSPS) is 10.7. The van der Waals surface area contributed by atoms with Crippen molar-refractivity contribution in [3.05, 3.63) is 85.6 Å². The minimum absolute atomic E-state index is 0.0576. The lowest BCUT2D eigenvalue weighted by Crippen LogP contribution is -2.16. The molecule has 0 aliphatic carbocycles. The van der Waals surface area contributed by atoms with Gasteiger partial charge in [0.25, 0.3) is 0 Å². The lowest BCUT2D eigenvalue weighted by molar-refractivity contribution is 0.476. The van der Waals surface area contributed by atoms with Gasteiger partial charge >= 0.3 is 0 Å². The quantitative estimate of drug-likeness (QED) is 0.477. The Labute approximate surface area is 146 Å². The molecule has 0 bridgehead atoms. The van der Waals surface area contributed by atoms with Crippen molar-refractivity contribution < 1.29 is 5.11 Å². The summed E-state index contributed by atoms with van der Waals surface area (Å²) in [5, 5.41) is 18.4. The Hall–Kier alpha value is -3.47. The van der Waals surface area contributed by atoms with Gasteiger partial charge in [-0.1, -0.05) is 30.3 Å². The highest BCUT2D eigenvalue weighted by molar-refractivity contribution is 5.68. The molecule has 0 spiro atoms. The number of azo groups is 1. The topological polar surface area (TPSA) is 61.1 Å². The third-order valence-corrected chi connectivity index (χ3v) is 3.56. The maximum atomic E-state index is 10.3. The van der Waals surface area contributed by atoms with Gasteiger partial charge in [0.1, 0.15) is 11.4 Å². The number of aromatic hydroxyl groups is 1. The van der Waals surface area contributed by atoms with Crippen molar-refractivity contribution in [2.75, 3.05) is 11.4 Å². The predicted molar refractivity (Wildman–Crippen MR) is 100 cm³/mol. The molecular weight excluding hydrogens is 312 g/mol. The van der Waals surface area contributed by atoms with Crippen LogP contribution >= 0.6 is 0 Å². The van der Waals surface area contributed by atoms with Gasteiger partial charge in [-0.3, -0.25) is 0 Å². The molecule has 3 aromatic rings. The summed E-state index contributed by atoms with van der Waals surface area (Å²) in [6.45, 7) is 4.43. The van der Waals surface area contributed by atoms with E-state index in [1.165, 1.54) is 0 Å². The van der Waals surface area contributed by atoms with Crippen LogP contribution < -0.4 is 4.90 Å². The number of pyridine rings is 1. The average Bonchev–Trinajstić information content (AvgIpc) is 2.66. The van der Waals surface area contributed by atoms with Gasteiger partial charge in [0.15, 0.2) is 5.82 Å². The van der Waals surface area contributed by atoms with E-state index in [0.717, 1.165) is 11.4 Å². The monoisotopic (exact) mass is 330 g/mol. The van der Waals surface area contributed by atoms with Crippen molar-refractivity contribution in [2.45, 2.75) is 0 Å². The minimum atomic E-state index is 0.0576. The van der Waals surface area contributed by atoms with Crippen molar-refractivity contribution >= 4 is 22.9 Å². The molecule has 0 fully saturated rings. The molecule has 0 atom stereocenters. The van der Waals surface area contributed by atoms with E-state index in [0.29, 0.717) is 18.1 Å². The first-order valence-electron chi connectivity index (χ1n) is 7.87. The summed E-state index contributed by atoms with van der Waals surface area (Å²) in [7, 11) is 0. The van der Waals surface area contributed by atoms with Crippen LogP contribution in [0.5, 0.6) is 5.75 Å². The van der Waals surface area contributed by atoms with Crippen LogP contribution in [0.25, 0.3) is 0 Å².